The molecule has 2 nitrogen and oxygen atoms in total. The Labute approximate surface area is 130 Å². The van der Waals surface area contributed by atoms with Gasteiger partial charge in [-0.25, -0.2) is 0 Å². The summed E-state index contributed by atoms with van der Waals surface area (Å²) in [5.74, 6) is 1.65. The number of fused-ring (bicyclic) bond motifs is 1. The summed E-state index contributed by atoms with van der Waals surface area (Å²) in [6, 6.07) is 0. The van der Waals surface area contributed by atoms with Crippen molar-refractivity contribution < 1.29 is 51.4 Å². The number of imidazole rings is 1. The van der Waals surface area contributed by atoms with Gasteiger partial charge in [0.2, 0.25) is 0 Å². The number of aromatic nitrogens is 2. The van der Waals surface area contributed by atoms with Crippen molar-refractivity contribution in [2.45, 2.75) is 33.2 Å². The third kappa shape index (κ3) is 3.17. The van der Waals surface area contributed by atoms with Gasteiger partial charge in [-0.3, -0.25) is 0 Å². The molecule has 0 aromatic carbocycles. The summed E-state index contributed by atoms with van der Waals surface area (Å²) in [5.41, 5.74) is 1.36. The molecular formula is C11H18KN2-. The van der Waals surface area contributed by atoms with E-state index in [4.69, 9.17) is 0 Å². The molecule has 74 valence electrons. The molecule has 2 rings (SSSR count). The van der Waals surface area contributed by atoms with Crippen LogP contribution in [0.25, 0.3) is 0 Å². The van der Waals surface area contributed by atoms with E-state index in [-0.39, 0.29) is 58.8 Å². The van der Waals surface area contributed by atoms with Gasteiger partial charge in [0.1, 0.15) is 0 Å². The van der Waals surface area contributed by atoms with Crippen LogP contribution in [-0.4, -0.2) is 9.55 Å². The molecule has 1 aliphatic rings. The second-order valence-electron chi connectivity index (χ2n) is 4.00. The van der Waals surface area contributed by atoms with Gasteiger partial charge in [-0.2, -0.15) is 0 Å². The van der Waals surface area contributed by atoms with E-state index in [1.807, 2.05) is 6.20 Å². The summed E-state index contributed by atoms with van der Waals surface area (Å²) in [6.45, 7) is 5.72. The van der Waals surface area contributed by atoms with Crippen LogP contribution in [0.15, 0.2) is 6.20 Å². The molecule has 0 radical (unpaired) electrons. The van der Waals surface area contributed by atoms with E-state index >= 15 is 0 Å². The second-order valence-corrected chi connectivity index (χ2v) is 4.00. The third-order valence-corrected chi connectivity index (χ3v) is 2.88. The number of nitrogens with zero attached hydrogens (tertiary/aromatic N) is 2. The summed E-state index contributed by atoms with van der Waals surface area (Å²) >= 11 is 0. The van der Waals surface area contributed by atoms with Gasteiger partial charge in [0.25, 0.3) is 0 Å². The first-order chi connectivity index (χ1) is 5.77. The van der Waals surface area contributed by atoms with Crippen LogP contribution in [0.3, 0.4) is 0 Å². The fourth-order valence-electron chi connectivity index (χ4n) is 1.90. The van der Waals surface area contributed by atoms with Crippen molar-refractivity contribution in [3.8, 4) is 0 Å². The van der Waals surface area contributed by atoms with E-state index in [9.17, 15) is 0 Å². The number of aryl methyl sites for hydroxylation is 1. The molecule has 0 spiro atoms. The number of hydrogen-bond donors (Lipinski definition) is 0. The molecule has 0 saturated heterocycles. The molecule has 3 heteroatoms. The Bertz CT molecular complexity index is 268. The SMILES string of the molecule is CC(C)C1CCn2[c-]ncc2C1.[CH3-].[K+]. The Morgan fingerprint density at radius 3 is 2.93 bits per heavy atom. The monoisotopic (exact) mass is 217 g/mol. The Hall–Kier alpha value is 0.846. The first-order valence-electron chi connectivity index (χ1n) is 4.69. The third-order valence-electron chi connectivity index (χ3n) is 2.88. The molecule has 1 atom stereocenters. The fourth-order valence-corrected chi connectivity index (χ4v) is 1.90. The summed E-state index contributed by atoms with van der Waals surface area (Å²) in [4.78, 5) is 4.04. The predicted octanol–water partition coefficient (Wildman–Crippen LogP) is -0.644. The second kappa shape index (κ2) is 6.43. The Morgan fingerprint density at radius 2 is 2.29 bits per heavy atom. The zero-order valence-electron chi connectivity index (χ0n) is 9.75. The Kier molecular flexibility index (Phi) is 6.82. The summed E-state index contributed by atoms with van der Waals surface area (Å²) in [7, 11) is 0. The van der Waals surface area contributed by atoms with Crippen LogP contribution < -0.4 is 51.4 Å². The van der Waals surface area contributed by atoms with Crippen molar-refractivity contribution in [3.05, 3.63) is 25.6 Å². The maximum Gasteiger partial charge on any atom is 1.00 e. The van der Waals surface area contributed by atoms with Crippen molar-refractivity contribution in [2.75, 3.05) is 0 Å². The first-order valence-corrected chi connectivity index (χ1v) is 4.69. The molecule has 0 fully saturated rings. The van der Waals surface area contributed by atoms with Gasteiger partial charge in [-0.05, 0) is 24.8 Å². The van der Waals surface area contributed by atoms with Crippen LogP contribution in [0.1, 0.15) is 26.0 Å². The summed E-state index contributed by atoms with van der Waals surface area (Å²) < 4.78 is 2.15. The molecule has 1 aromatic rings. The van der Waals surface area contributed by atoms with Gasteiger partial charge in [0.05, 0.1) is 0 Å². The number of rotatable bonds is 1. The van der Waals surface area contributed by atoms with E-state index in [1.54, 1.807) is 0 Å². The Balaban J connectivity index is 0.000000845. The van der Waals surface area contributed by atoms with Crippen molar-refractivity contribution in [1.29, 1.82) is 0 Å². The largest absolute Gasteiger partial charge is 1.00 e. The van der Waals surface area contributed by atoms with E-state index < -0.39 is 0 Å². The van der Waals surface area contributed by atoms with E-state index in [1.165, 1.54) is 18.5 Å². The predicted molar refractivity (Wildman–Crippen MR) is 54.1 cm³/mol. The molecule has 0 N–H and O–H groups in total. The zero-order valence-corrected chi connectivity index (χ0v) is 12.9. The summed E-state index contributed by atoms with van der Waals surface area (Å²) in [5, 5.41) is 0. The van der Waals surface area contributed by atoms with E-state index in [0.29, 0.717) is 0 Å². The molecule has 2 heterocycles. The Morgan fingerprint density at radius 1 is 1.57 bits per heavy atom. The van der Waals surface area contributed by atoms with Crippen LogP contribution in [-0.2, 0) is 13.0 Å². The van der Waals surface area contributed by atoms with Crippen LogP contribution in [0.2, 0.25) is 0 Å². The molecule has 1 aliphatic heterocycles. The molecule has 14 heavy (non-hydrogen) atoms. The van der Waals surface area contributed by atoms with Crippen LogP contribution >= 0.6 is 0 Å². The van der Waals surface area contributed by atoms with Gasteiger partial charge in [-0.1, -0.05) is 20.3 Å². The van der Waals surface area contributed by atoms with Gasteiger partial charge < -0.3 is 17.0 Å². The standard InChI is InChI=1S/C10H15N2.CH3.K/c1-8(2)9-3-4-12-7-11-6-10(12)5-9;;/h6,8-9H,3-5H2,1-2H3;1H3;/q2*-1;+1. The molecular weight excluding hydrogens is 199 g/mol. The maximum atomic E-state index is 4.04. The topological polar surface area (TPSA) is 17.8 Å². The summed E-state index contributed by atoms with van der Waals surface area (Å²) in [6.07, 6.45) is 7.41. The van der Waals surface area contributed by atoms with Crippen molar-refractivity contribution in [2.24, 2.45) is 11.8 Å². The zero-order chi connectivity index (χ0) is 8.55. The minimum absolute atomic E-state index is 0. The molecule has 0 amide bonds. The quantitative estimate of drug-likeness (QED) is 0.452. The van der Waals surface area contributed by atoms with Gasteiger partial charge in [0.15, 0.2) is 0 Å². The molecule has 1 aromatic heterocycles. The smallest absolute Gasteiger partial charge is 0.451 e. The average Bonchev–Trinajstić information content (AvgIpc) is 2.49. The van der Waals surface area contributed by atoms with Crippen molar-refractivity contribution >= 4 is 0 Å². The number of hydrogen-bond acceptors (Lipinski definition) is 1. The van der Waals surface area contributed by atoms with Crippen molar-refractivity contribution in [1.82, 2.24) is 9.55 Å². The average molecular weight is 217 g/mol. The normalized spacial score (nSPS) is 19.5. The van der Waals surface area contributed by atoms with E-state index in [2.05, 4.69) is 29.7 Å². The van der Waals surface area contributed by atoms with Crippen molar-refractivity contribution in [3.63, 3.8) is 0 Å². The molecule has 0 saturated carbocycles. The maximum absolute atomic E-state index is 4.04. The molecule has 0 aliphatic carbocycles. The minimum Gasteiger partial charge on any atom is -0.451 e. The first kappa shape index (κ1) is 14.8. The minimum atomic E-state index is 0. The van der Waals surface area contributed by atoms with Crippen LogP contribution in [0.5, 0.6) is 0 Å². The van der Waals surface area contributed by atoms with Gasteiger partial charge >= 0.3 is 51.4 Å². The van der Waals surface area contributed by atoms with E-state index in [0.717, 1.165) is 18.4 Å². The van der Waals surface area contributed by atoms with Gasteiger partial charge in [0, 0.05) is 6.33 Å². The van der Waals surface area contributed by atoms with Crippen LogP contribution in [0, 0.1) is 25.6 Å². The fraction of sp³-hybridized carbons (Fsp3) is 0.636. The molecule has 1 unspecified atom stereocenters. The van der Waals surface area contributed by atoms with Crippen LogP contribution in [0.4, 0.5) is 0 Å². The molecule has 0 bridgehead atoms. The van der Waals surface area contributed by atoms with Gasteiger partial charge in [-0.15, -0.1) is 11.9 Å².